The second-order valence-electron chi connectivity index (χ2n) is 2.81. The predicted molar refractivity (Wildman–Crippen MR) is 41.1 cm³/mol. The summed E-state index contributed by atoms with van der Waals surface area (Å²) in [4.78, 5) is 0. The average molecular weight is 175 g/mol. The second kappa shape index (κ2) is 3.40. The molecule has 0 aliphatic carbocycles. The van der Waals surface area contributed by atoms with E-state index in [2.05, 4.69) is 6.58 Å². The molecule has 1 saturated heterocycles. The third kappa shape index (κ3) is 1.44. The van der Waals surface area contributed by atoms with Crippen LogP contribution in [0.4, 0.5) is 0 Å². The Balaban J connectivity index is 2.70. The van der Waals surface area contributed by atoms with E-state index >= 15 is 0 Å². The molecule has 1 aliphatic rings. The van der Waals surface area contributed by atoms with Crippen LogP contribution in [0.15, 0.2) is 12.3 Å². The number of ether oxygens (including phenoxy) is 1. The van der Waals surface area contributed by atoms with Gasteiger partial charge in [0.05, 0.1) is 12.6 Å². The second-order valence-corrected chi connectivity index (χ2v) is 2.81. The molecule has 1 fully saturated rings. The standard InChI is InChI=1S/C7H13NO4/c1-3-5(8)7(11)6(10)4(2-9)12-3/h4-7,9-11H,1-2,8H2. The van der Waals surface area contributed by atoms with Gasteiger partial charge in [-0.05, 0) is 0 Å². The summed E-state index contributed by atoms with van der Waals surface area (Å²) in [5, 5.41) is 27.3. The molecule has 4 atom stereocenters. The van der Waals surface area contributed by atoms with Crippen molar-refractivity contribution in [3.05, 3.63) is 12.3 Å². The highest BCUT2D eigenvalue weighted by Crippen LogP contribution is 2.20. The van der Waals surface area contributed by atoms with Crippen LogP contribution in [0.25, 0.3) is 0 Å². The van der Waals surface area contributed by atoms with Gasteiger partial charge in [0, 0.05) is 0 Å². The van der Waals surface area contributed by atoms with E-state index < -0.39 is 24.4 Å². The third-order valence-corrected chi connectivity index (χ3v) is 1.95. The first-order valence-electron chi connectivity index (χ1n) is 3.66. The monoisotopic (exact) mass is 175 g/mol. The molecule has 1 heterocycles. The zero-order valence-electron chi connectivity index (χ0n) is 6.55. The highest BCUT2D eigenvalue weighted by molar-refractivity contribution is 5.07. The van der Waals surface area contributed by atoms with Gasteiger partial charge < -0.3 is 25.8 Å². The molecule has 1 rings (SSSR count). The summed E-state index contributed by atoms with van der Waals surface area (Å²) < 4.78 is 4.95. The first kappa shape index (κ1) is 9.47. The lowest BCUT2D eigenvalue weighted by Crippen LogP contribution is -2.56. The number of hydrogen-bond acceptors (Lipinski definition) is 5. The number of aliphatic hydroxyl groups is 3. The Hall–Kier alpha value is -0.620. The van der Waals surface area contributed by atoms with Crippen molar-refractivity contribution in [2.24, 2.45) is 5.73 Å². The molecule has 0 aromatic heterocycles. The zero-order chi connectivity index (χ0) is 9.30. The van der Waals surface area contributed by atoms with Crippen LogP contribution in [0.2, 0.25) is 0 Å². The molecule has 1 aliphatic heterocycles. The fraction of sp³-hybridized carbons (Fsp3) is 0.714. The van der Waals surface area contributed by atoms with Crippen molar-refractivity contribution in [3.8, 4) is 0 Å². The molecule has 5 N–H and O–H groups in total. The van der Waals surface area contributed by atoms with E-state index in [1.54, 1.807) is 0 Å². The molecule has 0 radical (unpaired) electrons. The van der Waals surface area contributed by atoms with Crippen LogP contribution in [0.3, 0.4) is 0 Å². The van der Waals surface area contributed by atoms with Gasteiger partial charge in [-0.1, -0.05) is 6.58 Å². The van der Waals surface area contributed by atoms with Gasteiger partial charge in [-0.15, -0.1) is 0 Å². The summed E-state index contributed by atoms with van der Waals surface area (Å²) in [5.74, 6) is 0.187. The first-order chi connectivity index (χ1) is 5.57. The molecule has 0 amide bonds. The van der Waals surface area contributed by atoms with Gasteiger partial charge in [0.25, 0.3) is 0 Å². The highest BCUT2D eigenvalue weighted by Gasteiger charge is 2.38. The molecule has 0 aromatic rings. The fourth-order valence-electron chi connectivity index (χ4n) is 1.11. The minimum Gasteiger partial charge on any atom is -0.488 e. The van der Waals surface area contributed by atoms with Gasteiger partial charge in [-0.25, -0.2) is 0 Å². The van der Waals surface area contributed by atoms with E-state index in [1.807, 2.05) is 0 Å². The molecule has 0 bridgehead atoms. The Morgan fingerprint density at radius 1 is 1.42 bits per heavy atom. The van der Waals surface area contributed by atoms with Crippen LogP contribution in [0.5, 0.6) is 0 Å². The number of nitrogens with two attached hydrogens (primary N) is 1. The van der Waals surface area contributed by atoms with Crippen molar-refractivity contribution in [3.63, 3.8) is 0 Å². The van der Waals surface area contributed by atoms with Crippen molar-refractivity contribution < 1.29 is 20.1 Å². The maximum atomic E-state index is 9.29. The van der Waals surface area contributed by atoms with E-state index in [4.69, 9.17) is 15.6 Å². The Labute approximate surface area is 70.1 Å². The van der Waals surface area contributed by atoms with E-state index in [1.165, 1.54) is 0 Å². The quantitative estimate of drug-likeness (QED) is 0.367. The van der Waals surface area contributed by atoms with E-state index in [0.29, 0.717) is 0 Å². The molecule has 5 heteroatoms. The predicted octanol–water partition coefficient (Wildman–Crippen LogP) is -2.06. The molecule has 0 aromatic carbocycles. The lowest BCUT2D eigenvalue weighted by molar-refractivity contribution is -0.127. The summed E-state index contributed by atoms with van der Waals surface area (Å²) in [6, 6.07) is -0.789. The minimum absolute atomic E-state index is 0.187. The van der Waals surface area contributed by atoms with Crippen LogP contribution in [-0.4, -0.2) is 46.3 Å². The van der Waals surface area contributed by atoms with E-state index in [-0.39, 0.29) is 12.4 Å². The SMILES string of the molecule is C=C1OC(CO)C(O)C(O)C1N. The van der Waals surface area contributed by atoms with Crippen LogP contribution in [0.1, 0.15) is 0 Å². The molecule has 12 heavy (non-hydrogen) atoms. The highest BCUT2D eigenvalue weighted by atomic mass is 16.5. The van der Waals surface area contributed by atoms with Gasteiger partial charge in [0.2, 0.25) is 0 Å². The Morgan fingerprint density at radius 3 is 2.50 bits per heavy atom. The smallest absolute Gasteiger partial charge is 0.150 e. The minimum atomic E-state index is -1.16. The first-order valence-corrected chi connectivity index (χ1v) is 3.66. The number of rotatable bonds is 1. The topological polar surface area (TPSA) is 95.9 Å². The molecular formula is C7H13NO4. The summed E-state index contributed by atoms with van der Waals surface area (Å²) in [6.07, 6.45) is -3.11. The van der Waals surface area contributed by atoms with Gasteiger partial charge in [0.1, 0.15) is 24.1 Å². The molecular weight excluding hydrogens is 162 g/mol. The lowest BCUT2D eigenvalue weighted by Gasteiger charge is -2.36. The maximum absolute atomic E-state index is 9.29. The van der Waals surface area contributed by atoms with Gasteiger partial charge in [0.15, 0.2) is 0 Å². The van der Waals surface area contributed by atoms with Crippen molar-refractivity contribution in [2.45, 2.75) is 24.4 Å². The molecule has 0 saturated carbocycles. The Morgan fingerprint density at radius 2 is 2.00 bits per heavy atom. The average Bonchev–Trinajstić information content (AvgIpc) is 2.08. The normalized spacial score (nSPS) is 42.5. The molecule has 4 unspecified atom stereocenters. The Bertz CT molecular complexity index is 182. The zero-order valence-corrected chi connectivity index (χ0v) is 6.55. The fourth-order valence-corrected chi connectivity index (χ4v) is 1.11. The van der Waals surface area contributed by atoms with E-state index in [9.17, 15) is 10.2 Å². The summed E-state index contributed by atoms with van der Waals surface area (Å²) >= 11 is 0. The summed E-state index contributed by atoms with van der Waals surface area (Å²) in [5.41, 5.74) is 5.41. The van der Waals surface area contributed by atoms with Crippen molar-refractivity contribution in [1.29, 1.82) is 0 Å². The Kier molecular flexibility index (Phi) is 2.69. The maximum Gasteiger partial charge on any atom is 0.150 e. The van der Waals surface area contributed by atoms with Crippen LogP contribution in [0, 0.1) is 0 Å². The number of aliphatic hydroxyl groups excluding tert-OH is 3. The summed E-state index contributed by atoms with van der Waals surface area (Å²) in [7, 11) is 0. The molecule has 5 nitrogen and oxygen atoms in total. The van der Waals surface area contributed by atoms with Crippen molar-refractivity contribution >= 4 is 0 Å². The van der Waals surface area contributed by atoms with Crippen LogP contribution in [-0.2, 0) is 4.74 Å². The number of hydrogen-bond donors (Lipinski definition) is 4. The van der Waals surface area contributed by atoms with Gasteiger partial charge in [-0.3, -0.25) is 0 Å². The van der Waals surface area contributed by atoms with Crippen LogP contribution < -0.4 is 5.73 Å². The third-order valence-electron chi connectivity index (χ3n) is 1.95. The molecule has 70 valence electrons. The lowest BCUT2D eigenvalue weighted by atomic mass is 9.97. The van der Waals surface area contributed by atoms with Crippen molar-refractivity contribution in [1.82, 2.24) is 0 Å². The summed E-state index contributed by atoms with van der Waals surface area (Å²) in [6.45, 7) is 3.08. The largest absolute Gasteiger partial charge is 0.488 e. The van der Waals surface area contributed by atoms with Gasteiger partial charge >= 0.3 is 0 Å². The van der Waals surface area contributed by atoms with Crippen LogP contribution >= 0.6 is 0 Å². The van der Waals surface area contributed by atoms with E-state index in [0.717, 1.165) is 0 Å². The molecule has 0 spiro atoms. The van der Waals surface area contributed by atoms with Gasteiger partial charge in [-0.2, -0.15) is 0 Å². The van der Waals surface area contributed by atoms with Crippen molar-refractivity contribution in [2.75, 3.05) is 6.61 Å².